The van der Waals surface area contributed by atoms with Crippen LogP contribution < -0.4 is 5.32 Å². The molecule has 1 saturated carbocycles. The molecule has 2 nitrogen and oxygen atoms in total. The molecule has 2 fully saturated rings. The third-order valence-electron chi connectivity index (χ3n) is 5.43. The maximum absolute atomic E-state index is 3.60. The van der Waals surface area contributed by atoms with Gasteiger partial charge < -0.3 is 10.2 Å². The molecule has 0 bridgehead atoms. The van der Waals surface area contributed by atoms with Gasteiger partial charge in [0.2, 0.25) is 0 Å². The van der Waals surface area contributed by atoms with Gasteiger partial charge in [-0.3, -0.25) is 0 Å². The first kappa shape index (κ1) is 16.3. The SMILES string of the molecule is CCCNC(C)CCCCN1CCC[C@H]2CCCC[C@H]21. The molecule has 118 valence electrons. The molecule has 1 heterocycles. The normalized spacial score (nSPS) is 29.1. The second kappa shape index (κ2) is 9.04. The van der Waals surface area contributed by atoms with Crippen molar-refractivity contribution in [2.45, 2.75) is 90.1 Å². The number of nitrogens with one attached hydrogen (secondary N) is 1. The maximum atomic E-state index is 3.60. The van der Waals surface area contributed by atoms with E-state index in [2.05, 4.69) is 24.1 Å². The fourth-order valence-corrected chi connectivity index (χ4v) is 4.26. The summed E-state index contributed by atoms with van der Waals surface area (Å²) in [5, 5.41) is 3.60. The van der Waals surface area contributed by atoms with E-state index in [1.54, 1.807) is 0 Å². The molecular formula is C18H36N2. The van der Waals surface area contributed by atoms with Crippen molar-refractivity contribution in [2.24, 2.45) is 5.92 Å². The van der Waals surface area contributed by atoms with Crippen LogP contribution in [0.2, 0.25) is 0 Å². The Labute approximate surface area is 126 Å². The second-order valence-corrected chi connectivity index (χ2v) is 7.14. The molecule has 1 aliphatic carbocycles. The molecule has 2 heteroatoms. The number of hydrogen-bond donors (Lipinski definition) is 1. The third-order valence-corrected chi connectivity index (χ3v) is 5.43. The Morgan fingerprint density at radius 3 is 2.75 bits per heavy atom. The molecular weight excluding hydrogens is 244 g/mol. The highest BCUT2D eigenvalue weighted by Gasteiger charge is 2.32. The molecule has 0 radical (unpaired) electrons. The Kier molecular flexibility index (Phi) is 7.37. The summed E-state index contributed by atoms with van der Waals surface area (Å²) < 4.78 is 0. The van der Waals surface area contributed by atoms with Gasteiger partial charge in [-0.25, -0.2) is 0 Å². The molecule has 2 aliphatic rings. The molecule has 0 aromatic carbocycles. The predicted octanol–water partition coefficient (Wildman–Crippen LogP) is 4.20. The molecule has 3 atom stereocenters. The van der Waals surface area contributed by atoms with Crippen molar-refractivity contribution in [3.8, 4) is 0 Å². The van der Waals surface area contributed by atoms with Gasteiger partial charge in [-0.05, 0) is 77.4 Å². The Morgan fingerprint density at radius 1 is 1.10 bits per heavy atom. The fraction of sp³-hybridized carbons (Fsp3) is 1.00. The Hall–Kier alpha value is -0.0800. The Bertz CT molecular complexity index is 252. The smallest absolute Gasteiger partial charge is 0.0123 e. The second-order valence-electron chi connectivity index (χ2n) is 7.14. The maximum Gasteiger partial charge on any atom is 0.0123 e. The van der Waals surface area contributed by atoms with Gasteiger partial charge in [0.05, 0.1) is 0 Å². The van der Waals surface area contributed by atoms with Crippen molar-refractivity contribution in [1.29, 1.82) is 0 Å². The topological polar surface area (TPSA) is 15.3 Å². The molecule has 20 heavy (non-hydrogen) atoms. The van der Waals surface area contributed by atoms with Crippen LogP contribution in [0.3, 0.4) is 0 Å². The van der Waals surface area contributed by atoms with Crippen LogP contribution in [0.1, 0.15) is 78.1 Å². The van der Waals surface area contributed by atoms with Crippen LogP contribution in [0.4, 0.5) is 0 Å². The first-order chi connectivity index (χ1) is 9.81. The zero-order valence-corrected chi connectivity index (χ0v) is 13.9. The highest BCUT2D eigenvalue weighted by Crippen LogP contribution is 2.35. The van der Waals surface area contributed by atoms with Crippen LogP contribution in [-0.4, -0.2) is 36.6 Å². The van der Waals surface area contributed by atoms with E-state index in [1.807, 2.05) is 0 Å². The number of rotatable bonds is 8. The predicted molar refractivity (Wildman–Crippen MR) is 88.2 cm³/mol. The highest BCUT2D eigenvalue weighted by atomic mass is 15.2. The van der Waals surface area contributed by atoms with E-state index in [9.17, 15) is 0 Å². The Balaban J connectivity index is 1.60. The quantitative estimate of drug-likeness (QED) is 0.670. The van der Waals surface area contributed by atoms with Gasteiger partial charge in [-0.1, -0.05) is 26.2 Å². The lowest BCUT2D eigenvalue weighted by atomic mass is 9.78. The van der Waals surface area contributed by atoms with Crippen LogP contribution in [0.5, 0.6) is 0 Å². The van der Waals surface area contributed by atoms with E-state index in [1.165, 1.54) is 83.8 Å². The lowest BCUT2D eigenvalue weighted by molar-refractivity contribution is 0.0594. The van der Waals surface area contributed by atoms with E-state index < -0.39 is 0 Å². The van der Waals surface area contributed by atoms with Gasteiger partial charge in [0.25, 0.3) is 0 Å². The van der Waals surface area contributed by atoms with Gasteiger partial charge in [0.1, 0.15) is 0 Å². The standard InChI is InChI=1S/C18H36N2/c1-3-13-19-16(2)9-6-7-14-20-15-8-11-17-10-4-5-12-18(17)20/h16-19H,3-15H2,1-2H3/t16?,17-,18-/m1/s1. The van der Waals surface area contributed by atoms with Crippen LogP contribution in [0, 0.1) is 5.92 Å². The van der Waals surface area contributed by atoms with E-state index in [4.69, 9.17) is 0 Å². The van der Waals surface area contributed by atoms with Crippen LogP contribution >= 0.6 is 0 Å². The van der Waals surface area contributed by atoms with Gasteiger partial charge in [0.15, 0.2) is 0 Å². The summed E-state index contributed by atoms with van der Waals surface area (Å²) in [6.07, 6.45) is 14.3. The molecule has 2 rings (SSSR count). The van der Waals surface area contributed by atoms with Crippen molar-refractivity contribution >= 4 is 0 Å². The van der Waals surface area contributed by atoms with E-state index in [-0.39, 0.29) is 0 Å². The van der Waals surface area contributed by atoms with Gasteiger partial charge in [0, 0.05) is 12.1 Å². The number of fused-ring (bicyclic) bond motifs is 1. The molecule has 0 aromatic rings. The minimum atomic E-state index is 0.707. The van der Waals surface area contributed by atoms with Gasteiger partial charge in [-0.2, -0.15) is 0 Å². The summed E-state index contributed by atoms with van der Waals surface area (Å²) in [5.74, 6) is 1.04. The molecule has 1 aliphatic heterocycles. The van der Waals surface area contributed by atoms with Crippen LogP contribution in [0.25, 0.3) is 0 Å². The number of piperidine rings is 1. The van der Waals surface area contributed by atoms with Crippen molar-refractivity contribution in [3.05, 3.63) is 0 Å². The number of unbranched alkanes of at least 4 members (excludes halogenated alkanes) is 1. The van der Waals surface area contributed by atoms with Crippen molar-refractivity contribution in [3.63, 3.8) is 0 Å². The van der Waals surface area contributed by atoms with Gasteiger partial charge in [-0.15, -0.1) is 0 Å². The molecule has 1 unspecified atom stereocenters. The average Bonchev–Trinajstić information content (AvgIpc) is 2.49. The number of hydrogen-bond acceptors (Lipinski definition) is 2. The largest absolute Gasteiger partial charge is 0.314 e. The number of likely N-dealkylation sites (tertiary alicyclic amines) is 1. The minimum Gasteiger partial charge on any atom is -0.314 e. The first-order valence-corrected chi connectivity index (χ1v) is 9.28. The summed E-state index contributed by atoms with van der Waals surface area (Å²) in [7, 11) is 0. The lowest BCUT2D eigenvalue weighted by Crippen LogP contribution is -2.47. The minimum absolute atomic E-state index is 0.707. The van der Waals surface area contributed by atoms with Gasteiger partial charge >= 0.3 is 0 Å². The van der Waals surface area contributed by atoms with E-state index >= 15 is 0 Å². The van der Waals surface area contributed by atoms with Crippen molar-refractivity contribution in [1.82, 2.24) is 10.2 Å². The Morgan fingerprint density at radius 2 is 1.90 bits per heavy atom. The zero-order chi connectivity index (χ0) is 14.2. The highest BCUT2D eigenvalue weighted by molar-refractivity contribution is 4.87. The summed E-state index contributed by atoms with van der Waals surface area (Å²) in [5.41, 5.74) is 0. The summed E-state index contributed by atoms with van der Waals surface area (Å²) in [6.45, 7) is 8.51. The van der Waals surface area contributed by atoms with Crippen molar-refractivity contribution < 1.29 is 0 Å². The molecule has 1 saturated heterocycles. The number of nitrogens with zero attached hydrogens (tertiary/aromatic N) is 1. The summed E-state index contributed by atoms with van der Waals surface area (Å²) >= 11 is 0. The van der Waals surface area contributed by atoms with Crippen LogP contribution in [0.15, 0.2) is 0 Å². The first-order valence-electron chi connectivity index (χ1n) is 9.28. The monoisotopic (exact) mass is 280 g/mol. The summed E-state index contributed by atoms with van der Waals surface area (Å²) in [6, 6.07) is 1.66. The fourth-order valence-electron chi connectivity index (χ4n) is 4.26. The molecule has 0 aromatic heterocycles. The summed E-state index contributed by atoms with van der Waals surface area (Å²) in [4.78, 5) is 2.84. The van der Waals surface area contributed by atoms with E-state index in [0.29, 0.717) is 6.04 Å². The average molecular weight is 280 g/mol. The molecule has 0 amide bonds. The lowest BCUT2D eigenvalue weighted by Gasteiger charge is -2.44. The molecule has 1 N–H and O–H groups in total. The van der Waals surface area contributed by atoms with Crippen molar-refractivity contribution in [2.75, 3.05) is 19.6 Å². The van der Waals surface area contributed by atoms with Crippen LogP contribution in [-0.2, 0) is 0 Å². The third kappa shape index (κ3) is 5.04. The molecule has 0 spiro atoms. The zero-order valence-electron chi connectivity index (χ0n) is 13.9. The van der Waals surface area contributed by atoms with E-state index in [0.717, 1.165) is 12.0 Å².